The number of nitrogens with zero attached hydrogens (tertiary/aromatic N) is 1. The lowest BCUT2D eigenvalue weighted by atomic mass is 10.1. The van der Waals surface area contributed by atoms with Gasteiger partial charge in [0.15, 0.2) is 0 Å². The van der Waals surface area contributed by atoms with Gasteiger partial charge >= 0.3 is 0 Å². The average Bonchev–Trinajstić information content (AvgIpc) is 3.23. The molecule has 0 radical (unpaired) electrons. The predicted molar refractivity (Wildman–Crippen MR) is 72.4 cm³/mol. The van der Waals surface area contributed by atoms with Gasteiger partial charge in [-0.15, -0.1) is 0 Å². The van der Waals surface area contributed by atoms with Crippen molar-refractivity contribution in [3.05, 3.63) is 35.6 Å². The highest BCUT2D eigenvalue weighted by molar-refractivity contribution is 5.18. The van der Waals surface area contributed by atoms with Crippen LogP contribution in [0.15, 0.2) is 24.3 Å². The molecule has 3 nitrogen and oxygen atoms in total. The molecule has 0 aliphatic heterocycles. The van der Waals surface area contributed by atoms with Crippen LogP contribution >= 0.6 is 0 Å². The molecule has 0 aromatic heterocycles. The van der Waals surface area contributed by atoms with Gasteiger partial charge in [-0.05, 0) is 37.0 Å². The third-order valence-corrected chi connectivity index (χ3v) is 3.52. The first-order valence-electron chi connectivity index (χ1n) is 6.87. The Morgan fingerprint density at radius 1 is 1.37 bits per heavy atom. The molecule has 1 fully saturated rings. The fourth-order valence-electron chi connectivity index (χ4n) is 2.29. The van der Waals surface area contributed by atoms with Crippen molar-refractivity contribution >= 4 is 0 Å². The summed E-state index contributed by atoms with van der Waals surface area (Å²) < 4.78 is 17.9. The molecule has 0 bridgehead atoms. The maximum Gasteiger partial charge on any atom is 0.123 e. The van der Waals surface area contributed by atoms with E-state index in [1.54, 1.807) is 19.2 Å². The van der Waals surface area contributed by atoms with Crippen LogP contribution in [0.4, 0.5) is 4.39 Å². The molecule has 19 heavy (non-hydrogen) atoms. The van der Waals surface area contributed by atoms with Crippen LogP contribution < -0.4 is 0 Å². The maximum absolute atomic E-state index is 12.9. The summed E-state index contributed by atoms with van der Waals surface area (Å²) in [7, 11) is 1.70. The first-order valence-corrected chi connectivity index (χ1v) is 6.87. The van der Waals surface area contributed by atoms with E-state index in [2.05, 4.69) is 4.90 Å². The SMILES string of the molecule is COCCCN(CC(O)c1ccc(F)cc1)C1CC1. The van der Waals surface area contributed by atoms with Crippen LogP contribution in [0.5, 0.6) is 0 Å². The second-order valence-electron chi connectivity index (χ2n) is 5.14. The third-order valence-electron chi connectivity index (χ3n) is 3.52. The summed E-state index contributed by atoms with van der Waals surface area (Å²) in [5, 5.41) is 10.2. The van der Waals surface area contributed by atoms with E-state index in [1.165, 1.54) is 25.0 Å². The van der Waals surface area contributed by atoms with Gasteiger partial charge < -0.3 is 9.84 Å². The molecule has 2 rings (SSSR count). The van der Waals surface area contributed by atoms with Crippen LogP contribution in [0.1, 0.15) is 30.9 Å². The Balaban J connectivity index is 1.87. The highest BCUT2D eigenvalue weighted by Gasteiger charge is 2.30. The standard InChI is InChI=1S/C15H22FNO2/c1-19-10-2-9-17(14-7-8-14)11-15(18)12-3-5-13(16)6-4-12/h3-6,14-15,18H,2,7-11H2,1H3. The number of ether oxygens (including phenoxy) is 1. The number of rotatable bonds is 8. The van der Waals surface area contributed by atoms with Gasteiger partial charge in [0.2, 0.25) is 0 Å². The zero-order valence-corrected chi connectivity index (χ0v) is 11.4. The largest absolute Gasteiger partial charge is 0.387 e. The lowest BCUT2D eigenvalue weighted by Crippen LogP contribution is -2.32. The summed E-state index contributed by atoms with van der Waals surface area (Å²) in [6.45, 7) is 2.30. The molecule has 4 heteroatoms. The number of hydrogen-bond donors (Lipinski definition) is 1. The second-order valence-corrected chi connectivity index (χ2v) is 5.14. The number of hydrogen-bond acceptors (Lipinski definition) is 3. The number of aliphatic hydroxyl groups is 1. The lowest BCUT2D eigenvalue weighted by molar-refractivity contribution is 0.0991. The van der Waals surface area contributed by atoms with Crippen LogP contribution in [0.2, 0.25) is 0 Å². The van der Waals surface area contributed by atoms with Gasteiger partial charge in [0.1, 0.15) is 5.82 Å². The smallest absolute Gasteiger partial charge is 0.123 e. The van der Waals surface area contributed by atoms with Gasteiger partial charge in [-0.3, -0.25) is 4.90 Å². The average molecular weight is 267 g/mol. The predicted octanol–water partition coefficient (Wildman–Crippen LogP) is 2.36. The number of benzene rings is 1. The molecule has 106 valence electrons. The van der Waals surface area contributed by atoms with E-state index in [0.29, 0.717) is 12.6 Å². The van der Waals surface area contributed by atoms with Crippen molar-refractivity contribution in [3.63, 3.8) is 0 Å². The summed E-state index contributed by atoms with van der Waals surface area (Å²) >= 11 is 0. The Bertz CT molecular complexity index is 378. The Labute approximate surface area is 114 Å². The Kier molecular flexibility index (Phi) is 5.31. The van der Waals surface area contributed by atoms with Crippen molar-refractivity contribution in [2.75, 3.05) is 26.8 Å². The zero-order chi connectivity index (χ0) is 13.7. The number of methoxy groups -OCH3 is 1. The van der Waals surface area contributed by atoms with Gasteiger partial charge in [0, 0.05) is 32.8 Å². The molecule has 1 aliphatic rings. The van der Waals surface area contributed by atoms with E-state index in [4.69, 9.17) is 4.74 Å². The molecule has 1 N–H and O–H groups in total. The van der Waals surface area contributed by atoms with E-state index < -0.39 is 6.10 Å². The van der Waals surface area contributed by atoms with Gasteiger partial charge in [0.25, 0.3) is 0 Å². The molecular formula is C15H22FNO2. The van der Waals surface area contributed by atoms with E-state index in [0.717, 1.165) is 25.1 Å². The normalized spacial score (nSPS) is 16.8. The van der Waals surface area contributed by atoms with Crippen LogP contribution in [-0.2, 0) is 4.74 Å². The molecule has 0 amide bonds. The van der Waals surface area contributed by atoms with Crippen molar-refractivity contribution in [1.29, 1.82) is 0 Å². The molecule has 1 atom stereocenters. The van der Waals surface area contributed by atoms with Crippen LogP contribution in [0, 0.1) is 5.82 Å². The number of halogens is 1. The van der Waals surface area contributed by atoms with Crippen molar-refractivity contribution in [3.8, 4) is 0 Å². The van der Waals surface area contributed by atoms with E-state index >= 15 is 0 Å². The van der Waals surface area contributed by atoms with Crippen LogP contribution in [0.25, 0.3) is 0 Å². The van der Waals surface area contributed by atoms with Gasteiger partial charge in [-0.25, -0.2) is 4.39 Å². The first kappa shape index (κ1) is 14.4. The minimum Gasteiger partial charge on any atom is -0.387 e. The molecule has 0 saturated heterocycles. The quantitative estimate of drug-likeness (QED) is 0.734. The van der Waals surface area contributed by atoms with Gasteiger partial charge in [-0.2, -0.15) is 0 Å². The topological polar surface area (TPSA) is 32.7 Å². The molecular weight excluding hydrogens is 245 g/mol. The Morgan fingerprint density at radius 2 is 2.05 bits per heavy atom. The Morgan fingerprint density at radius 3 is 2.63 bits per heavy atom. The second kappa shape index (κ2) is 6.98. The highest BCUT2D eigenvalue weighted by Crippen LogP contribution is 2.29. The van der Waals surface area contributed by atoms with Crippen molar-refractivity contribution in [2.24, 2.45) is 0 Å². The van der Waals surface area contributed by atoms with Crippen molar-refractivity contribution in [2.45, 2.75) is 31.4 Å². The van der Waals surface area contributed by atoms with E-state index in [9.17, 15) is 9.50 Å². The summed E-state index contributed by atoms with van der Waals surface area (Å²) in [5.74, 6) is -0.268. The third kappa shape index (κ3) is 4.56. The highest BCUT2D eigenvalue weighted by atomic mass is 19.1. The minimum atomic E-state index is -0.552. The molecule has 0 heterocycles. The van der Waals surface area contributed by atoms with Gasteiger partial charge in [-0.1, -0.05) is 12.1 Å². The summed E-state index contributed by atoms with van der Waals surface area (Å²) in [6, 6.07) is 6.70. The zero-order valence-electron chi connectivity index (χ0n) is 11.4. The fraction of sp³-hybridized carbons (Fsp3) is 0.600. The van der Waals surface area contributed by atoms with E-state index in [1.807, 2.05) is 0 Å². The van der Waals surface area contributed by atoms with E-state index in [-0.39, 0.29) is 5.82 Å². The first-order chi connectivity index (χ1) is 9.20. The van der Waals surface area contributed by atoms with Crippen LogP contribution in [-0.4, -0.2) is 42.9 Å². The van der Waals surface area contributed by atoms with Gasteiger partial charge in [0.05, 0.1) is 6.10 Å². The number of aliphatic hydroxyl groups excluding tert-OH is 1. The maximum atomic E-state index is 12.9. The molecule has 1 saturated carbocycles. The molecule has 1 unspecified atom stereocenters. The summed E-state index contributed by atoms with van der Waals surface area (Å²) in [6.07, 6.45) is 2.85. The lowest BCUT2D eigenvalue weighted by Gasteiger charge is -2.25. The molecule has 1 aromatic rings. The minimum absolute atomic E-state index is 0.268. The Hall–Kier alpha value is -0.970. The summed E-state index contributed by atoms with van der Waals surface area (Å²) in [4.78, 5) is 2.31. The molecule has 1 aliphatic carbocycles. The molecule has 0 spiro atoms. The van der Waals surface area contributed by atoms with Crippen molar-refractivity contribution < 1.29 is 14.2 Å². The molecule has 1 aromatic carbocycles. The fourth-order valence-corrected chi connectivity index (χ4v) is 2.29. The van der Waals surface area contributed by atoms with Crippen LogP contribution in [0.3, 0.4) is 0 Å². The van der Waals surface area contributed by atoms with Crippen molar-refractivity contribution in [1.82, 2.24) is 4.90 Å². The summed E-state index contributed by atoms with van der Waals surface area (Å²) in [5.41, 5.74) is 0.777. The monoisotopic (exact) mass is 267 g/mol.